The molecule has 1 aliphatic heterocycles. The number of aryl methyl sites for hydroxylation is 1. The first-order valence-electron chi connectivity index (χ1n) is 8.11. The van der Waals surface area contributed by atoms with E-state index in [0.717, 1.165) is 23.4 Å². The molecule has 0 saturated carbocycles. The molecule has 0 spiro atoms. The molecule has 2 heterocycles. The summed E-state index contributed by atoms with van der Waals surface area (Å²) in [7, 11) is -0.588. The normalized spacial score (nSPS) is 18.0. The van der Waals surface area contributed by atoms with Crippen LogP contribution >= 0.6 is 0 Å². The van der Waals surface area contributed by atoms with Crippen LogP contribution in [0.2, 0.25) is 0 Å². The maximum Gasteiger partial charge on any atom is 0.244 e. The molecule has 0 aliphatic carbocycles. The molecule has 2 aromatic rings. The van der Waals surface area contributed by atoms with E-state index in [9.17, 15) is 13.2 Å². The zero-order valence-corrected chi connectivity index (χ0v) is 15.6. The monoisotopic (exact) mass is 362 g/mol. The number of carbonyl (C=O) groups excluding carboxylic acids is 1. The zero-order chi connectivity index (χ0) is 18.4. The van der Waals surface area contributed by atoms with Crippen LogP contribution in [0.15, 0.2) is 29.2 Å². The fourth-order valence-electron chi connectivity index (χ4n) is 3.27. The van der Waals surface area contributed by atoms with Crippen molar-refractivity contribution in [2.24, 2.45) is 0 Å². The summed E-state index contributed by atoms with van der Waals surface area (Å²) in [5.41, 5.74) is 3.10. The van der Waals surface area contributed by atoms with Crippen molar-refractivity contribution < 1.29 is 13.2 Å². The number of nitrogens with one attached hydrogen (secondary N) is 1. The Balaban J connectivity index is 2.15. The molecule has 1 saturated heterocycles. The van der Waals surface area contributed by atoms with E-state index in [4.69, 9.17) is 0 Å². The Morgan fingerprint density at radius 2 is 1.92 bits per heavy atom. The fourth-order valence-corrected chi connectivity index (χ4v) is 4.33. The van der Waals surface area contributed by atoms with Gasteiger partial charge in [0.2, 0.25) is 15.9 Å². The van der Waals surface area contributed by atoms with Crippen LogP contribution in [0.5, 0.6) is 0 Å². The number of hydrogen-bond donors (Lipinski definition) is 1. The molecule has 134 valence electrons. The highest BCUT2D eigenvalue weighted by Crippen LogP contribution is 2.32. The van der Waals surface area contributed by atoms with Crippen LogP contribution in [0, 0.1) is 13.8 Å². The van der Waals surface area contributed by atoms with Gasteiger partial charge in [0.1, 0.15) is 4.90 Å². The van der Waals surface area contributed by atoms with Crippen molar-refractivity contribution >= 4 is 15.9 Å². The van der Waals surface area contributed by atoms with Gasteiger partial charge in [-0.25, -0.2) is 17.4 Å². The topological polar surface area (TPSA) is 84.3 Å². The zero-order valence-electron chi connectivity index (χ0n) is 14.8. The second-order valence-electron chi connectivity index (χ2n) is 6.41. The maximum absolute atomic E-state index is 12.7. The Hall–Kier alpha value is -2.19. The predicted molar refractivity (Wildman–Crippen MR) is 94.0 cm³/mol. The summed E-state index contributed by atoms with van der Waals surface area (Å²) >= 11 is 0. The molecule has 25 heavy (non-hydrogen) atoms. The number of sulfonamides is 1. The summed E-state index contributed by atoms with van der Waals surface area (Å²) in [6.07, 6.45) is 1.23. The van der Waals surface area contributed by atoms with E-state index in [0.29, 0.717) is 12.1 Å². The second-order valence-corrected chi connectivity index (χ2v) is 8.53. The second kappa shape index (κ2) is 6.27. The number of carbonyl (C=O) groups is 1. The number of nitrogens with zero attached hydrogens (tertiary/aromatic N) is 3. The highest BCUT2D eigenvalue weighted by molar-refractivity contribution is 7.89. The molecule has 1 unspecified atom stereocenters. The molecule has 1 fully saturated rings. The van der Waals surface area contributed by atoms with Crippen molar-refractivity contribution in [3.63, 3.8) is 0 Å². The third-order valence-electron chi connectivity index (χ3n) is 4.54. The van der Waals surface area contributed by atoms with Gasteiger partial charge in [-0.2, -0.15) is 5.10 Å². The molecule has 1 amide bonds. The number of aromatic nitrogens is 2. The lowest BCUT2D eigenvalue weighted by Crippen LogP contribution is -2.24. The van der Waals surface area contributed by atoms with Crippen LogP contribution in [0.4, 0.5) is 0 Å². The molecule has 1 aliphatic rings. The minimum atomic E-state index is -3.60. The molecule has 1 atom stereocenters. The average Bonchev–Trinajstić information content (AvgIpc) is 3.10. The lowest BCUT2D eigenvalue weighted by atomic mass is 10.0. The van der Waals surface area contributed by atoms with Crippen LogP contribution in [-0.4, -0.2) is 42.5 Å². The van der Waals surface area contributed by atoms with Crippen LogP contribution < -0.4 is 5.32 Å². The van der Waals surface area contributed by atoms with Gasteiger partial charge in [-0.15, -0.1) is 0 Å². The summed E-state index contributed by atoms with van der Waals surface area (Å²) in [5.74, 6) is 0.0344. The largest absolute Gasteiger partial charge is 0.349 e. The summed E-state index contributed by atoms with van der Waals surface area (Å²) < 4.78 is 28.2. The van der Waals surface area contributed by atoms with Gasteiger partial charge < -0.3 is 5.32 Å². The Bertz CT molecular complexity index is 931. The van der Waals surface area contributed by atoms with Crippen molar-refractivity contribution in [1.82, 2.24) is 19.4 Å². The van der Waals surface area contributed by atoms with Crippen molar-refractivity contribution in [2.75, 3.05) is 14.1 Å². The quantitative estimate of drug-likeness (QED) is 0.897. The minimum Gasteiger partial charge on any atom is -0.349 e. The first-order valence-corrected chi connectivity index (χ1v) is 9.55. The predicted octanol–water partition coefficient (Wildman–Crippen LogP) is 1.69. The first kappa shape index (κ1) is 17.6. The van der Waals surface area contributed by atoms with E-state index < -0.39 is 10.0 Å². The van der Waals surface area contributed by atoms with Crippen LogP contribution in [-0.2, 0) is 14.8 Å². The van der Waals surface area contributed by atoms with Gasteiger partial charge >= 0.3 is 0 Å². The number of rotatable bonds is 4. The van der Waals surface area contributed by atoms with Crippen molar-refractivity contribution in [1.29, 1.82) is 0 Å². The summed E-state index contributed by atoms with van der Waals surface area (Å²) in [6, 6.07) is 6.74. The van der Waals surface area contributed by atoms with Gasteiger partial charge in [-0.1, -0.05) is 12.1 Å². The molecule has 1 aromatic heterocycles. The summed E-state index contributed by atoms with van der Waals surface area (Å²) in [5, 5.41) is 7.53. The van der Waals surface area contributed by atoms with E-state index in [1.54, 1.807) is 28.9 Å². The van der Waals surface area contributed by atoms with Gasteiger partial charge in [-0.05, 0) is 32.4 Å². The molecular formula is C17H22N4O3S. The average molecular weight is 362 g/mol. The van der Waals surface area contributed by atoms with Gasteiger partial charge in [0, 0.05) is 31.8 Å². The smallest absolute Gasteiger partial charge is 0.244 e. The summed E-state index contributed by atoms with van der Waals surface area (Å²) in [4.78, 5) is 11.8. The van der Waals surface area contributed by atoms with Crippen LogP contribution in [0.1, 0.15) is 35.8 Å². The number of benzene rings is 1. The van der Waals surface area contributed by atoms with Crippen molar-refractivity contribution in [2.45, 2.75) is 37.6 Å². The maximum atomic E-state index is 12.7. The first-order chi connectivity index (χ1) is 11.7. The SMILES string of the molecule is Cc1nn(-c2ccccc2S(=O)(=O)N(C)C)c(C)c1C1CCC(=O)N1. The van der Waals surface area contributed by atoms with Crippen molar-refractivity contribution in [3.05, 3.63) is 41.2 Å². The molecule has 1 N–H and O–H groups in total. The fraction of sp³-hybridized carbons (Fsp3) is 0.412. The molecule has 1 aromatic carbocycles. The van der Waals surface area contributed by atoms with E-state index in [-0.39, 0.29) is 16.8 Å². The number of para-hydroxylation sites is 1. The molecule has 8 heteroatoms. The molecule has 0 bridgehead atoms. The minimum absolute atomic E-state index is 0.0344. The third-order valence-corrected chi connectivity index (χ3v) is 6.41. The Labute approximate surface area is 147 Å². The Morgan fingerprint density at radius 1 is 1.24 bits per heavy atom. The number of amides is 1. The third kappa shape index (κ3) is 2.96. The van der Waals surface area contributed by atoms with Gasteiger partial charge in [-0.3, -0.25) is 4.79 Å². The van der Waals surface area contributed by atoms with Crippen molar-refractivity contribution in [3.8, 4) is 5.69 Å². The van der Waals surface area contributed by atoms with Gasteiger partial charge in [0.05, 0.1) is 17.4 Å². The molecule has 0 radical (unpaired) electrons. The van der Waals surface area contributed by atoms with E-state index in [1.165, 1.54) is 18.4 Å². The van der Waals surface area contributed by atoms with Crippen LogP contribution in [0.25, 0.3) is 5.69 Å². The molecule has 3 rings (SSSR count). The highest BCUT2D eigenvalue weighted by atomic mass is 32.2. The van der Waals surface area contributed by atoms with Gasteiger partial charge in [0.15, 0.2) is 0 Å². The standard InChI is InChI=1S/C17H22N4O3S/c1-11-17(13-9-10-16(22)18-13)12(2)21(19-11)14-7-5-6-8-15(14)25(23,24)20(3)4/h5-8,13H,9-10H2,1-4H3,(H,18,22). The Morgan fingerprint density at radius 3 is 2.52 bits per heavy atom. The lowest BCUT2D eigenvalue weighted by molar-refractivity contribution is -0.119. The number of hydrogen-bond acceptors (Lipinski definition) is 4. The van der Waals surface area contributed by atoms with E-state index >= 15 is 0 Å². The summed E-state index contributed by atoms with van der Waals surface area (Å²) in [6.45, 7) is 3.78. The Kier molecular flexibility index (Phi) is 4.42. The molecular weight excluding hydrogens is 340 g/mol. The molecule has 7 nitrogen and oxygen atoms in total. The van der Waals surface area contributed by atoms with E-state index in [1.807, 2.05) is 13.8 Å². The lowest BCUT2D eigenvalue weighted by Gasteiger charge is -2.16. The van der Waals surface area contributed by atoms with Crippen LogP contribution in [0.3, 0.4) is 0 Å². The van der Waals surface area contributed by atoms with Gasteiger partial charge in [0.25, 0.3) is 0 Å². The van der Waals surface area contributed by atoms with E-state index in [2.05, 4.69) is 10.4 Å². The highest BCUT2D eigenvalue weighted by Gasteiger charge is 2.29.